The van der Waals surface area contributed by atoms with Crippen LogP contribution in [0.4, 0.5) is 0 Å². The van der Waals surface area contributed by atoms with E-state index in [0.29, 0.717) is 0 Å². The maximum Gasteiger partial charge on any atom is 0.127 e. The van der Waals surface area contributed by atoms with Gasteiger partial charge in [0.15, 0.2) is 0 Å². The number of nitrogens with zero attached hydrogens (tertiary/aromatic N) is 1. The monoisotopic (exact) mass is 591 g/mol. The van der Waals surface area contributed by atoms with Crippen LogP contribution in [0.2, 0.25) is 0 Å². The fourth-order valence-electron chi connectivity index (χ4n) is 6.60. The fraction of sp³-hybridized carbons (Fsp3) is 0.0455. The molecule has 1 aromatic heterocycles. The fourth-order valence-corrected chi connectivity index (χ4v) is 6.60. The van der Waals surface area contributed by atoms with Gasteiger partial charge in [0, 0.05) is 10.8 Å². The molecule has 0 aliphatic rings. The molecule has 220 valence electrons. The Balaban J connectivity index is 1.19. The van der Waals surface area contributed by atoms with E-state index in [0.717, 1.165) is 17.9 Å². The molecule has 8 rings (SSSR count). The highest BCUT2D eigenvalue weighted by molar-refractivity contribution is 6.09. The summed E-state index contributed by atoms with van der Waals surface area (Å²) in [4.78, 5) is 0. The first-order valence-corrected chi connectivity index (χ1v) is 15.8. The SMILES string of the molecule is Cc1cc(Cc2ccc(-c3ccccc3)cc2-n2c3ccccc3c3ccccc32)cc(Oc2ccc(-c3ccccc3)cc2)c1. The Labute approximate surface area is 269 Å². The third kappa shape index (κ3) is 5.35. The summed E-state index contributed by atoms with van der Waals surface area (Å²) >= 11 is 0. The minimum absolute atomic E-state index is 0.774. The van der Waals surface area contributed by atoms with Gasteiger partial charge < -0.3 is 9.30 Å². The lowest BCUT2D eigenvalue weighted by Gasteiger charge is -2.17. The molecule has 2 nitrogen and oxygen atoms in total. The van der Waals surface area contributed by atoms with Crippen molar-refractivity contribution in [2.75, 3.05) is 0 Å². The lowest BCUT2D eigenvalue weighted by Crippen LogP contribution is -2.02. The number of hydrogen-bond acceptors (Lipinski definition) is 1. The zero-order valence-corrected chi connectivity index (χ0v) is 25.7. The van der Waals surface area contributed by atoms with Gasteiger partial charge in [-0.25, -0.2) is 0 Å². The maximum absolute atomic E-state index is 6.42. The number of rotatable bonds is 7. The quantitative estimate of drug-likeness (QED) is 0.180. The number of aryl methyl sites for hydroxylation is 1. The molecule has 1 heterocycles. The summed E-state index contributed by atoms with van der Waals surface area (Å²) in [7, 11) is 0. The Morgan fingerprint density at radius 1 is 0.457 bits per heavy atom. The molecule has 0 saturated carbocycles. The van der Waals surface area contributed by atoms with Crippen molar-refractivity contribution in [1.82, 2.24) is 4.57 Å². The minimum Gasteiger partial charge on any atom is -0.457 e. The molecule has 2 heteroatoms. The Kier molecular flexibility index (Phi) is 7.16. The van der Waals surface area contributed by atoms with Crippen molar-refractivity contribution < 1.29 is 4.74 Å². The largest absolute Gasteiger partial charge is 0.457 e. The molecule has 0 N–H and O–H groups in total. The average Bonchev–Trinajstić information content (AvgIpc) is 3.44. The van der Waals surface area contributed by atoms with E-state index in [-0.39, 0.29) is 0 Å². The van der Waals surface area contributed by atoms with Crippen LogP contribution in [0.1, 0.15) is 16.7 Å². The summed E-state index contributed by atoms with van der Waals surface area (Å²) < 4.78 is 8.86. The van der Waals surface area contributed by atoms with Crippen LogP contribution in [-0.2, 0) is 6.42 Å². The molecule has 46 heavy (non-hydrogen) atoms. The Hall–Kier alpha value is -5.86. The molecule has 0 aliphatic carbocycles. The van der Waals surface area contributed by atoms with Crippen molar-refractivity contribution >= 4 is 21.8 Å². The summed E-state index contributed by atoms with van der Waals surface area (Å²) in [6.45, 7) is 2.14. The smallest absolute Gasteiger partial charge is 0.127 e. The second-order valence-electron chi connectivity index (χ2n) is 11.9. The van der Waals surface area contributed by atoms with Crippen molar-refractivity contribution in [2.24, 2.45) is 0 Å². The first-order valence-electron chi connectivity index (χ1n) is 15.8. The van der Waals surface area contributed by atoms with Gasteiger partial charge in [-0.1, -0.05) is 127 Å². The van der Waals surface area contributed by atoms with Gasteiger partial charge in [0.25, 0.3) is 0 Å². The maximum atomic E-state index is 6.42. The molecular formula is C44H33NO. The van der Waals surface area contributed by atoms with Gasteiger partial charge in [-0.05, 0) is 94.8 Å². The van der Waals surface area contributed by atoms with E-state index in [2.05, 4.69) is 163 Å². The van der Waals surface area contributed by atoms with Crippen LogP contribution in [0.5, 0.6) is 11.5 Å². The van der Waals surface area contributed by atoms with Crippen molar-refractivity contribution in [1.29, 1.82) is 0 Å². The number of para-hydroxylation sites is 2. The molecule has 8 aromatic rings. The van der Waals surface area contributed by atoms with Crippen LogP contribution in [0.15, 0.2) is 170 Å². The standard InChI is InChI=1S/C44H33NO/c1-31-26-32(29-39(27-31)46-38-24-22-35(23-25-38)33-12-4-2-5-13-33)28-37-21-20-36(34-14-6-3-7-15-34)30-44(37)45-42-18-10-8-16-40(42)41-17-9-11-19-43(41)45/h2-27,29-30H,28H2,1H3. The van der Waals surface area contributed by atoms with Crippen molar-refractivity contribution in [3.63, 3.8) is 0 Å². The van der Waals surface area contributed by atoms with Gasteiger partial charge in [0.2, 0.25) is 0 Å². The Morgan fingerprint density at radius 2 is 1.00 bits per heavy atom. The highest BCUT2D eigenvalue weighted by Gasteiger charge is 2.16. The van der Waals surface area contributed by atoms with Crippen molar-refractivity contribution in [3.05, 3.63) is 187 Å². The normalized spacial score (nSPS) is 11.2. The lowest BCUT2D eigenvalue weighted by atomic mass is 9.97. The highest BCUT2D eigenvalue weighted by atomic mass is 16.5. The summed E-state index contributed by atoms with van der Waals surface area (Å²) in [5.41, 5.74) is 12.0. The molecule has 0 unspecified atom stereocenters. The van der Waals surface area contributed by atoms with Crippen LogP contribution >= 0.6 is 0 Å². The zero-order chi connectivity index (χ0) is 30.9. The topological polar surface area (TPSA) is 14.2 Å². The van der Waals surface area contributed by atoms with Crippen LogP contribution in [-0.4, -0.2) is 4.57 Å². The summed E-state index contributed by atoms with van der Waals surface area (Å²) in [6, 6.07) is 60.3. The highest BCUT2D eigenvalue weighted by Crippen LogP contribution is 2.36. The number of aromatic nitrogens is 1. The number of benzene rings is 7. The Bertz CT molecular complexity index is 2240. The predicted octanol–water partition coefficient (Wildman–Crippen LogP) is 11.8. The number of fused-ring (bicyclic) bond motifs is 3. The van der Waals surface area contributed by atoms with Crippen molar-refractivity contribution in [2.45, 2.75) is 13.3 Å². The molecule has 0 atom stereocenters. The van der Waals surface area contributed by atoms with E-state index in [9.17, 15) is 0 Å². The Morgan fingerprint density at radius 3 is 1.65 bits per heavy atom. The van der Waals surface area contributed by atoms with Gasteiger partial charge in [0.05, 0.1) is 16.7 Å². The summed E-state index contributed by atoms with van der Waals surface area (Å²) in [6.07, 6.45) is 0.774. The van der Waals surface area contributed by atoms with Gasteiger partial charge in [-0.3, -0.25) is 0 Å². The summed E-state index contributed by atoms with van der Waals surface area (Å²) in [5.74, 6) is 1.68. The molecule has 0 amide bonds. The number of ether oxygens (including phenoxy) is 1. The molecule has 0 radical (unpaired) electrons. The third-order valence-electron chi connectivity index (χ3n) is 8.72. The van der Waals surface area contributed by atoms with Crippen LogP contribution in [0.3, 0.4) is 0 Å². The molecule has 7 aromatic carbocycles. The first kappa shape index (κ1) is 27.7. The zero-order valence-electron chi connectivity index (χ0n) is 25.7. The van der Waals surface area contributed by atoms with E-state index in [1.54, 1.807) is 0 Å². The summed E-state index contributed by atoms with van der Waals surface area (Å²) in [5, 5.41) is 2.53. The van der Waals surface area contributed by atoms with Crippen LogP contribution in [0.25, 0.3) is 49.7 Å². The average molecular weight is 592 g/mol. The van der Waals surface area contributed by atoms with Gasteiger partial charge >= 0.3 is 0 Å². The van der Waals surface area contributed by atoms with E-state index in [4.69, 9.17) is 4.74 Å². The first-order chi connectivity index (χ1) is 22.7. The van der Waals surface area contributed by atoms with Crippen LogP contribution in [0, 0.1) is 6.92 Å². The van der Waals surface area contributed by atoms with E-state index >= 15 is 0 Å². The predicted molar refractivity (Wildman–Crippen MR) is 192 cm³/mol. The van der Waals surface area contributed by atoms with E-state index < -0.39 is 0 Å². The minimum atomic E-state index is 0.774. The molecule has 0 bridgehead atoms. The van der Waals surface area contributed by atoms with Gasteiger partial charge in [-0.15, -0.1) is 0 Å². The van der Waals surface area contributed by atoms with E-state index in [1.165, 1.54) is 66.4 Å². The van der Waals surface area contributed by atoms with Crippen LogP contribution < -0.4 is 4.74 Å². The molecule has 0 saturated heterocycles. The molecular weight excluding hydrogens is 558 g/mol. The second-order valence-corrected chi connectivity index (χ2v) is 11.9. The molecule has 0 fully saturated rings. The third-order valence-corrected chi connectivity index (χ3v) is 8.72. The van der Waals surface area contributed by atoms with E-state index in [1.807, 2.05) is 18.2 Å². The van der Waals surface area contributed by atoms with Gasteiger partial charge in [0.1, 0.15) is 11.5 Å². The molecule has 0 aliphatic heterocycles. The second kappa shape index (κ2) is 11.9. The lowest BCUT2D eigenvalue weighted by molar-refractivity contribution is 0.482. The van der Waals surface area contributed by atoms with Crippen molar-refractivity contribution in [3.8, 4) is 39.4 Å². The molecule has 0 spiro atoms. The van der Waals surface area contributed by atoms with Gasteiger partial charge in [-0.2, -0.15) is 0 Å². The number of hydrogen-bond donors (Lipinski definition) is 0.